The van der Waals surface area contributed by atoms with Gasteiger partial charge in [-0.2, -0.15) is 0 Å². The molecule has 60 heavy (non-hydrogen) atoms. The Kier molecular flexibility index (Phi) is 11.7. The fourth-order valence-corrected chi connectivity index (χ4v) is 14.8. The molecule has 332 valence electrons. The summed E-state index contributed by atoms with van der Waals surface area (Å²) in [7, 11) is 0. The van der Waals surface area contributed by atoms with E-state index in [2.05, 4.69) is 30.2 Å². The molecule has 0 aromatic carbocycles. The molecule has 7 aliphatic rings. The van der Waals surface area contributed by atoms with Crippen LogP contribution in [-0.4, -0.2) is 90.7 Å². The van der Waals surface area contributed by atoms with E-state index >= 15 is 0 Å². The number of ether oxygens (including phenoxy) is 1. The SMILES string of the molecule is CC(=O)CNC1=C2C(CCC3(C)C(C(C)(O)C(O)CC(C)C4CC=C5CCC(C)CC5C4CCC4COC(=O)C4c4cc[nH]c4)CCC23O)C2(C)CC(O)C(O)CC2C1=O. The largest absolute Gasteiger partial charge is 0.465 e. The van der Waals surface area contributed by atoms with E-state index in [-0.39, 0.29) is 78.6 Å². The molecule has 6 aliphatic carbocycles. The van der Waals surface area contributed by atoms with Crippen molar-refractivity contribution in [1.29, 1.82) is 0 Å². The van der Waals surface area contributed by atoms with E-state index < -0.39 is 52.2 Å². The van der Waals surface area contributed by atoms with Crippen LogP contribution in [0.2, 0.25) is 0 Å². The molecule has 5 fully saturated rings. The fraction of sp³-hybridized carbons (Fsp3) is 0.776. The molecule has 17 atom stereocenters. The van der Waals surface area contributed by atoms with Crippen molar-refractivity contribution in [2.75, 3.05) is 13.2 Å². The Balaban J connectivity index is 1.04. The van der Waals surface area contributed by atoms with E-state index in [0.717, 1.165) is 37.7 Å². The van der Waals surface area contributed by atoms with Gasteiger partial charge in [0.1, 0.15) is 5.78 Å². The molecule has 17 unspecified atom stereocenters. The number of ketones is 2. The second kappa shape index (κ2) is 16.1. The smallest absolute Gasteiger partial charge is 0.313 e. The van der Waals surface area contributed by atoms with Gasteiger partial charge in [0.25, 0.3) is 0 Å². The fourth-order valence-electron chi connectivity index (χ4n) is 14.8. The van der Waals surface area contributed by atoms with Gasteiger partial charge in [0.05, 0.1) is 54.3 Å². The van der Waals surface area contributed by atoms with Gasteiger partial charge in [0.2, 0.25) is 0 Å². The van der Waals surface area contributed by atoms with E-state index in [1.165, 1.54) is 13.3 Å². The van der Waals surface area contributed by atoms with Crippen LogP contribution in [0.1, 0.15) is 136 Å². The minimum Gasteiger partial charge on any atom is -0.465 e. The number of H-pyrrole nitrogens is 1. The highest BCUT2D eigenvalue weighted by Gasteiger charge is 2.70. The maximum Gasteiger partial charge on any atom is 0.313 e. The van der Waals surface area contributed by atoms with Gasteiger partial charge in [-0.3, -0.25) is 14.4 Å². The number of aromatic nitrogens is 1. The van der Waals surface area contributed by atoms with Crippen LogP contribution in [0.5, 0.6) is 0 Å². The second-order valence-corrected chi connectivity index (χ2v) is 21.7. The highest BCUT2D eigenvalue weighted by atomic mass is 16.5. The van der Waals surface area contributed by atoms with Crippen molar-refractivity contribution < 1.29 is 44.7 Å². The summed E-state index contributed by atoms with van der Waals surface area (Å²) in [6, 6.07) is 1.98. The zero-order valence-electron chi connectivity index (χ0n) is 36.8. The van der Waals surface area contributed by atoms with E-state index in [9.17, 15) is 39.9 Å². The molecule has 8 rings (SSSR count). The van der Waals surface area contributed by atoms with Crippen LogP contribution < -0.4 is 5.32 Å². The minimum absolute atomic E-state index is 0.0743. The van der Waals surface area contributed by atoms with Crippen LogP contribution in [0.15, 0.2) is 41.4 Å². The standard InChI is InChI=1S/C49H72N2O9/c1-26-7-8-29-9-11-32(33(34(29)19-26)12-10-31-25-60-45(57)41(31)30-15-18-50-24-30)27(2)20-40(55)48(6,58)39-14-17-49(59)42-35(13-16-47(39,49)5)46(4)22-38(54)37(53)21-36(46)44(56)43(42)51-23-28(3)52/h9,15,18,24,26-27,31-41,50-51,53-55,58-59H,7-8,10-14,16-17,19-23,25H2,1-6H3. The van der Waals surface area contributed by atoms with Crippen molar-refractivity contribution in [3.05, 3.63) is 46.9 Å². The molecular formula is C49H72N2O9. The van der Waals surface area contributed by atoms with Gasteiger partial charge in [-0.15, -0.1) is 0 Å². The van der Waals surface area contributed by atoms with Crippen LogP contribution in [0.3, 0.4) is 0 Å². The summed E-state index contributed by atoms with van der Waals surface area (Å²) >= 11 is 0. The first-order valence-corrected chi connectivity index (χ1v) is 23.3. The number of aliphatic hydroxyl groups is 5. The number of carbonyl (C=O) groups is 3. The topological polar surface area (TPSA) is 189 Å². The molecule has 1 aliphatic heterocycles. The van der Waals surface area contributed by atoms with Crippen molar-refractivity contribution in [3.8, 4) is 0 Å². The maximum absolute atomic E-state index is 14.5. The average Bonchev–Trinajstić information content (AvgIpc) is 3.92. The minimum atomic E-state index is -1.56. The number of esters is 1. The number of cyclic esters (lactones) is 1. The zero-order valence-corrected chi connectivity index (χ0v) is 36.8. The maximum atomic E-state index is 14.5. The number of hydrogen-bond acceptors (Lipinski definition) is 10. The Morgan fingerprint density at radius 1 is 1.08 bits per heavy atom. The normalized spacial score (nSPS) is 43.5. The molecule has 0 amide bonds. The van der Waals surface area contributed by atoms with Crippen LogP contribution in [0, 0.1) is 64.1 Å². The third-order valence-corrected chi connectivity index (χ3v) is 18.3. The molecule has 1 aromatic rings. The third kappa shape index (κ3) is 7.08. The van der Waals surface area contributed by atoms with E-state index in [1.807, 2.05) is 32.3 Å². The number of carbonyl (C=O) groups excluding carboxylic acids is 3. The first-order valence-electron chi connectivity index (χ1n) is 23.3. The van der Waals surface area contributed by atoms with Crippen molar-refractivity contribution in [2.24, 2.45) is 64.1 Å². The number of allylic oxidation sites excluding steroid dienone is 3. The lowest BCUT2D eigenvalue weighted by Gasteiger charge is -2.61. The number of rotatable bonds is 12. The first-order chi connectivity index (χ1) is 28.3. The Morgan fingerprint density at radius 3 is 2.57 bits per heavy atom. The van der Waals surface area contributed by atoms with Crippen molar-refractivity contribution in [3.63, 3.8) is 0 Å². The molecular weight excluding hydrogens is 761 g/mol. The van der Waals surface area contributed by atoms with Crippen molar-refractivity contribution in [1.82, 2.24) is 10.3 Å². The van der Waals surface area contributed by atoms with Gasteiger partial charge in [0.15, 0.2) is 5.78 Å². The van der Waals surface area contributed by atoms with E-state index in [4.69, 9.17) is 4.74 Å². The number of Topliss-reactive ketones (excluding diaryl/α,β-unsaturated/α-hetero) is 2. The Morgan fingerprint density at radius 2 is 1.85 bits per heavy atom. The predicted octanol–water partition coefficient (Wildman–Crippen LogP) is 5.90. The molecule has 1 aromatic heterocycles. The number of aromatic amines is 1. The summed E-state index contributed by atoms with van der Waals surface area (Å²) in [6.07, 6.45) is 12.0. The summed E-state index contributed by atoms with van der Waals surface area (Å²) in [5, 5.41) is 62.9. The van der Waals surface area contributed by atoms with E-state index in [0.29, 0.717) is 55.6 Å². The molecule has 0 bridgehead atoms. The molecule has 2 heterocycles. The van der Waals surface area contributed by atoms with Gasteiger partial charge < -0.3 is 40.6 Å². The lowest BCUT2D eigenvalue weighted by molar-refractivity contribution is -0.179. The van der Waals surface area contributed by atoms with Gasteiger partial charge >= 0.3 is 5.97 Å². The Bertz CT molecular complexity index is 1870. The molecule has 11 heteroatoms. The molecule has 0 radical (unpaired) electrons. The monoisotopic (exact) mass is 833 g/mol. The molecule has 1 saturated heterocycles. The van der Waals surface area contributed by atoms with Gasteiger partial charge in [-0.05, 0) is 161 Å². The molecule has 4 saturated carbocycles. The lowest BCUT2D eigenvalue weighted by atomic mass is 9.45. The second-order valence-electron chi connectivity index (χ2n) is 21.7. The van der Waals surface area contributed by atoms with Crippen molar-refractivity contribution >= 4 is 17.5 Å². The van der Waals surface area contributed by atoms with Crippen LogP contribution in [-0.2, 0) is 19.1 Å². The summed E-state index contributed by atoms with van der Waals surface area (Å²) in [5.41, 5.74) is -1.28. The lowest BCUT2D eigenvalue weighted by Crippen LogP contribution is -2.64. The van der Waals surface area contributed by atoms with E-state index in [1.54, 1.807) is 12.5 Å². The zero-order chi connectivity index (χ0) is 43.1. The summed E-state index contributed by atoms with van der Waals surface area (Å²) in [6.45, 7) is 12.1. The van der Waals surface area contributed by atoms with Crippen molar-refractivity contribution in [2.45, 2.75) is 160 Å². The highest BCUT2D eigenvalue weighted by molar-refractivity contribution is 6.00. The number of nitrogens with one attached hydrogen (secondary N) is 2. The van der Waals surface area contributed by atoms with Gasteiger partial charge in [0, 0.05) is 29.6 Å². The molecule has 0 spiro atoms. The number of aliphatic hydroxyl groups excluding tert-OH is 3. The predicted molar refractivity (Wildman–Crippen MR) is 226 cm³/mol. The highest BCUT2D eigenvalue weighted by Crippen LogP contribution is 2.69. The molecule has 7 N–H and O–H groups in total. The quantitative estimate of drug-likeness (QED) is 0.0987. The van der Waals surface area contributed by atoms with Gasteiger partial charge in [-0.25, -0.2) is 0 Å². The van der Waals surface area contributed by atoms with Crippen LogP contribution in [0.4, 0.5) is 0 Å². The van der Waals surface area contributed by atoms with Crippen LogP contribution in [0.25, 0.3) is 0 Å². The number of hydrogen-bond donors (Lipinski definition) is 7. The summed E-state index contributed by atoms with van der Waals surface area (Å²) in [5.74, 6) is -0.175. The Labute approximate surface area is 356 Å². The third-order valence-electron chi connectivity index (χ3n) is 18.3. The summed E-state index contributed by atoms with van der Waals surface area (Å²) in [4.78, 5) is 42.8. The molecule has 11 nitrogen and oxygen atoms in total. The Hall–Kier alpha value is -2.83. The number of fused-ring (bicyclic) bond motifs is 6. The van der Waals surface area contributed by atoms with Crippen LogP contribution >= 0.6 is 0 Å². The van der Waals surface area contributed by atoms with Gasteiger partial charge in [-0.1, -0.05) is 39.3 Å². The summed E-state index contributed by atoms with van der Waals surface area (Å²) < 4.78 is 5.63. The first kappa shape index (κ1) is 43.8. The average molecular weight is 833 g/mol.